The first-order valence-corrected chi connectivity index (χ1v) is 7.22. The minimum atomic E-state index is 0.0819. The van der Waals surface area contributed by atoms with Gasteiger partial charge in [0.2, 0.25) is 11.8 Å². The van der Waals surface area contributed by atoms with Crippen molar-refractivity contribution in [2.24, 2.45) is 0 Å². The molecular weight excluding hydrogens is 268 g/mol. The van der Waals surface area contributed by atoms with Crippen LogP contribution in [0.1, 0.15) is 37.0 Å². The van der Waals surface area contributed by atoms with E-state index >= 15 is 0 Å². The second-order valence-electron chi connectivity index (χ2n) is 5.13. The number of hydrogen-bond acceptors (Lipinski definition) is 5. The third-order valence-corrected chi connectivity index (χ3v) is 3.43. The van der Waals surface area contributed by atoms with Gasteiger partial charge in [0, 0.05) is 24.2 Å². The SMILES string of the molecule is CCCc1nc(CNc2ccc3c(c2)CCC(=O)N3)no1. The highest BCUT2D eigenvalue weighted by atomic mass is 16.5. The quantitative estimate of drug-likeness (QED) is 0.882. The molecule has 2 heterocycles. The van der Waals surface area contributed by atoms with E-state index < -0.39 is 0 Å². The molecule has 110 valence electrons. The Balaban J connectivity index is 1.63. The fraction of sp³-hybridized carbons (Fsp3) is 0.400. The minimum absolute atomic E-state index is 0.0819. The van der Waals surface area contributed by atoms with Gasteiger partial charge in [-0.3, -0.25) is 4.79 Å². The molecule has 1 aromatic heterocycles. The van der Waals surface area contributed by atoms with Crippen molar-refractivity contribution in [1.29, 1.82) is 0 Å². The Kier molecular flexibility index (Phi) is 3.85. The number of aryl methyl sites for hydroxylation is 2. The maximum absolute atomic E-state index is 11.3. The lowest BCUT2D eigenvalue weighted by molar-refractivity contribution is -0.116. The Morgan fingerprint density at radius 1 is 1.38 bits per heavy atom. The van der Waals surface area contributed by atoms with Crippen LogP contribution in [-0.4, -0.2) is 16.0 Å². The summed E-state index contributed by atoms with van der Waals surface area (Å²) in [4.78, 5) is 15.6. The Morgan fingerprint density at radius 3 is 3.14 bits per heavy atom. The molecule has 2 N–H and O–H groups in total. The average Bonchev–Trinajstić information content (AvgIpc) is 2.93. The number of nitrogens with one attached hydrogen (secondary N) is 2. The summed E-state index contributed by atoms with van der Waals surface area (Å²) in [6.45, 7) is 2.60. The standard InChI is InChI=1S/C15H18N4O2/c1-2-3-15-18-13(19-21-15)9-16-11-5-6-12-10(8-11)4-7-14(20)17-12/h5-6,8,16H,2-4,7,9H2,1H3,(H,17,20). The fourth-order valence-electron chi connectivity index (χ4n) is 2.35. The van der Waals surface area contributed by atoms with Gasteiger partial charge in [-0.05, 0) is 36.6 Å². The van der Waals surface area contributed by atoms with Gasteiger partial charge >= 0.3 is 0 Å². The molecule has 0 saturated heterocycles. The lowest BCUT2D eigenvalue weighted by Gasteiger charge is -2.17. The van der Waals surface area contributed by atoms with E-state index in [0.29, 0.717) is 24.7 Å². The van der Waals surface area contributed by atoms with E-state index in [1.807, 2.05) is 12.1 Å². The highest BCUT2D eigenvalue weighted by Gasteiger charge is 2.14. The Labute approximate surface area is 122 Å². The molecule has 0 radical (unpaired) electrons. The summed E-state index contributed by atoms with van der Waals surface area (Å²) >= 11 is 0. The third-order valence-electron chi connectivity index (χ3n) is 3.43. The molecule has 0 saturated carbocycles. The second kappa shape index (κ2) is 5.95. The zero-order valence-electron chi connectivity index (χ0n) is 12.0. The molecule has 1 aromatic carbocycles. The van der Waals surface area contributed by atoms with Crippen LogP contribution in [0.3, 0.4) is 0 Å². The minimum Gasteiger partial charge on any atom is -0.378 e. The van der Waals surface area contributed by atoms with Crippen LogP contribution in [0.15, 0.2) is 22.7 Å². The molecule has 0 fully saturated rings. The van der Waals surface area contributed by atoms with Gasteiger partial charge in [0.05, 0.1) is 6.54 Å². The Morgan fingerprint density at radius 2 is 2.29 bits per heavy atom. The molecule has 2 aromatic rings. The second-order valence-corrected chi connectivity index (χ2v) is 5.13. The number of anilines is 2. The van der Waals surface area contributed by atoms with Gasteiger partial charge in [-0.1, -0.05) is 12.1 Å². The predicted octanol–water partition coefficient (Wildman–Crippen LogP) is 2.52. The van der Waals surface area contributed by atoms with E-state index in [2.05, 4.69) is 33.8 Å². The summed E-state index contributed by atoms with van der Waals surface area (Å²) in [6, 6.07) is 5.92. The molecule has 0 aliphatic carbocycles. The van der Waals surface area contributed by atoms with Crippen LogP contribution in [0.25, 0.3) is 0 Å². The van der Waals surface area contributed by atoms with Crippen molar-refractivity contribution in [2.75, 3.05) is 10.6 Å². The zero-order chi connectivity index (χ0) is 14.7. The summed E-state index contributed by atoms with van der Waals surface area (Å²) < 4.78 is 5.15. The van der Waals surface area contributed by atoms with Crippen LogP contribution in [0, 0.1) is 0 Å². The van der Waals surface area contributed by atoms with Crippen LogP contribution in [-0.2, 0) is 24.2 Å². The molecule has 6 heteroatoms. The van der Waals surface area contributed by atoms with E-state index in [1.54, 1.807) is 0 Å². The van der Waals surface area contributed by atoms with E-state index in [4.69, 9.17) is 4.52 Å². The maximum Gasteiger partial charge on any atom is 0.226 e. The summed E-state index contributed by atoms with van der Waals surface area (Å²) in [5.41, 5.74) is 3.05. The number of hydrogen-bond donors (Lipinski definition) is 2. The van der Waals surface area contributed by atoms with Crippen molar-refractivity contribution in [3.05, 3.63) is 35.5 Å². The van der Waals surface area contributed by atoms with E-state index in [1.165, 1.54) is 0 Å². The largest absolute Gasteiger partial charge is 0.378 e. The van der Waals surface area contributed by atoms with Crippen molar-refractivity contribution in [1.82, 2.24) is 10.1 Å². The first kappa shape index (κ1) is 13.6. The van der Waals surface area contributed by atoms with Gasteiger partial charge in [-0.2, -0.15) is 4.98 Å². The number of carbonyl (C=O) groups excluding carboxylic acids is 1. The van der Waals surface area contributed by atoms with Gasteiger partial charge in [0.15, 0.2) is 5.82 Å². The first-order chi connectivity index (χ1) is 10.2. The average molecular weight is 286 g/mol. The molecule has 0 spiro atoms. The van der Waals surface area contributed by atoms with Crippen LogP contribution >= 0.6 is 0 Å². The molecule has 0 atom stereocenters. The fourth-order valence-corrected chi connectivity index (χ4v) is 2.35. The normalized spacial score (nSPS) is 13.7. The molecule has 6 nitrogen and oxygen atoms in total. The molecule has 0 bridgehead atoms. The molecule has 1 amide bonds. The molecule has 1 aliphatic heterocycles. The van der Waals surface area contributed by atoms with Crippen LogP contribution in [0.4, 0.5) is 11.4 Å². The number of nitrogens with zero attached hydrogens (tertiary/aromatic N) is 2. The maximum atomic E-state index is 11.3. The van der Waals surface area contributed by atoms with E-state index in [-0.39, 0.29) is 5.91 Å². The third kappa shape index (κ3) is 3.21. The summed E-state index contributed by atoms with van der Waals surface area (Å²) in [6.07, 6.45) is 3.12. The number of carbonyl (C=O) groups is 1. The van der Waals surface area contributed by atoms with E-state index in [0.717, 1.165) is 36.2 Å². The number of rotatable bonds is 5. The van der Waals surface area contributed by atoms with Gasteiger partial charge in [0.25, 0.3) is 0 Å². The van der Waals surface area contributed by atoms with Gasteiger partial charge in [-0.25, -0.2) is 0 Å². The topological polar surface area (TPSA) is 80.0 Å². The van der Waals surface area contributed by atoms with Gasteiger partial charge < -0.3 is 15.2 Å². The smallest absolute Gasteiger partial charge is 0.226 e. The van der Waals surface area contributed by atoms with Crippen molar-refractivity contribution in [3.63, 3.8) is 0 Å². The molecule has 21 heavy (non-hydrogen) atoms. The summed E-state index contributed by atoms with van der Waals surface area (Å²) in [7, 11) is 0. The molecular formula is C15H18N4O2. The Bertz CT molecular complexity index is 651. The van der Waals surface area contributed by atoms with Crippen LogP contribution in [0.5, 0.6) is 0 Å². The number of fused-ring (bicyclic) bond motifs is 1. The van der Waals surface area contributed by atoms with Gasteiger partial charge in [-0.15, -0.1) is 0 Å². The van der Waals surface area contributed by atoms with Crippen LogP contribution in [0.2, 0.25) is 0 Å². The zero-order valence-corrected chi connectivity index (χ0v) is 12.0. The van der Waals surface area contributed by atoms with E-state index in [9.17, 15) is 4.79 Å². The number of benzene rings is 1. The molecule has 1 aliphatic rings. The molecule has 0 unspecified atom stereocenters. The number of amides is 1. The van der Waals surface area contributed by atoms with Crippen molar-refractivity contribution < 1.29 is 9.32 Å². The first-order valence-electron chi connectivity index (χ1n) is 7.22. The summed E-state index contributed by atoms with van der Waals surface area (Å²) in [5, 5.41) is 10.1. The van der Waals surface area contributed by atoms with Crippen LogP contribution < -0.4 is 10.6 Å². The lowest BCUT2D eigenvalue weighted by atomic mass is 10.0. The van der Waals surface area contributed by atoms with Crippen molar-refractivity contribution in [2.45, 2.75) is 39.2 Å². The highest BCUT2D eigenvalue weighted by molar-refractivity contribution is 5.94. The number of aromatic nitrogens is 2. The van der Waals surface area contributed by atoms with Crippen molar-refractivity contribution in [3.8, 4) is 0 Å². The predicted molar refractivity (Wildman–Crippen MR) is 79.0 cm³/mol. The Hall–Kier alpha value is -2.37. The van der Waals surface area contributed by atoms with Crippen molar-refractivity contribution >= 4 is 17.3 Å². The lowest BCUT2D eigenvalue weighted by Crippen LogP contribution is -2.19. The monoisotopic (exact) mass is 286 g/mol. The highest BCUT2D eigenvalue weighted by Crippen LogP contribution is 2.25. The van der Waals surface area contributed by atoms with Gasteiger partial charge in [0.1, 0.15) is 0 Å². The summed E-state index contributed by atoms with van der Waals surface area (Å²) in [5.74, 6) is 1.42. The molecule has 3 rings (SSSR count).